The van der Waals surface area contributed by atoms with E-state index < -0.39 is 0 Å². The third kappa shape index (κ3) is 1.91. The van der Waals surface area contributed by atoms with Crippen molar-refractivity contribution in [1.29, 1.82) is 0 Å². The van der Waals surface area contributed by atoms with Gasteiger partial charge in [-0.25, -0.2) is 0 Å². The fourth-order valence-corrected chi connectivity index (χ4v) is 2.20. The second-order valence-corrected chi connectivity index (χ2v) is 4.44. The molecular formula is C13H12ClNO. The van der Waals surface area contributed by atoms with Crippen LogP contribution in [0.2, 0.25) is 5.02 Å². The maximum atomic E-state index is 11.8. The van der Waals surface area contributed by atoms with Crippen molar-refractivity contribution in [3.8, 4) is 12.3 Å². The fourth-order valence-electron chi connectivity index (χ4n) is 1.97. The molecular weight excluding hydrogens is 222 g/mol. The molecule has 1 unspecified atom stereocenters. The Morgan fingerprint density at radius 2 is 2.31 bits per heavy atom. The molecule has 0 aliphatic carbocycles. The van der Waals surface area contributed by atoms with Crippen molar-refractivity contribution >= 4 is 23.2 Å². The van der Waals surface area contributed by atoms with Crippen molar-refractivity contribution in [1.82, 2.24) is 0 Å². The Morgan fingerprint density at radius 1 is 1.56 bits per heavy atom. The van der Waals surface area contributed by atoms with Gasteiger partial charge in [-0.2, -0.15) is 0 Å². The van der Waals surface area contributed by atoms with E-state index in [0.717, 1.165) is 11.3 Å². The average Bonchev–Trinajstić information content (AvgIpc) is 2.60. The third-order valence-electron chi connectivity index (χ3n) is 2.81. The largest absolute Gasteiger partial charge is 0.311 e. The molecule has 3 heteroatoms. The molecule has 0 aromatic heterocycles. The van der Waals surface area contributed by atoms with E-state index in [1.807, 2.05) is 19.1 Å². The Bertz CT molecular complexity index is 475. The molecule has 0 N–H and O–H groups in total. The third-order valence-corrected chi connectivity index (χ3v) is 3.05. The molecule has 1 fully saturated rings. The quantitative estimate of drug-likeness (QED) is 0.683. The van der Waals surface area contributed by atoms with E-state index in [4.69, 9.17) is 18.0 Å². The van der Waals surface area contributed by atoms with E-state index in [2.05, 4.69) is 5.92 Å². The number of hydrogen-bond acceptors (Lipinski definition) is 1. The van der Waals surface area contributed by atoms with Gasteiger partial charge < -0.3 is 4.90 Å². The van der Waals surface area contributed by atoms with Crippen molar-refractivity contribution in [3.63, 3.8) is 0 Å². The number of carbonyl (C=O) groups excluding carboxylic acids is 1. The normalized spacial score (nSPS) is 19.9. The topological polar surface area (TPSA) is 20.3 Å². The van der Waals surface area contributed by atoms with Crippen molar-refractivity contribution in [2.45, 2.75) is 13.3 Å². The van der Waals surface area contributed by atoms with Crippen LogP contribution in [0.5, 0.6) is 0 Å². The first kappa shape index (κ1) is 11.0. The number of rotatable bonds is 1. The molecule has 82 valence electrons. The second-order valence-electron chi connectivity index (χ2n) is 4.00. The van der Waals surface area contributed by atoms with E-state index in [9.17, 15) is 4.79 Å². The van der Waals surface area contributed by atoms with Gasteiger partial charge in [-0.1, -0.05) is 11.6 Å². The molecule has 1 aliphatic heterocycles. The summed E-state index contributed by atoms with van der Waals surface area (Å²) in [4.78, 5) is 13.5. The summed E-state index contributed by atoms with van der Waals surface area (Å²) in [6, 6.07) is 5.52. The zero-order valence-corrected chi connectivity index (χ0v) is 9.79. The molecule has 2 nitrogen and oxygen atoms in total. The molecule has 2 rings (SSSR count). The summed E-state index contributed by atoms with van der Waals surface area (Å²) in [6.07, 6.45) is 5.79. The van der Waals surface area contributed by atoms with E-state index in [0.29, 0.717) is 18.0 Å². The van der Waals surface area contributed by atoms with Gasteiger partial charge >= 0.3 is 0 Å². The van der Waals surface area contributed by atoms with Gasteiger partial charge in [0.2, 0.25) is 5.91 Å². The standard InChI is InChI=1S/C13H12ClNO/c1-3-10-7-13(16)15(8-10)12-5-4-11(14)6-9(12)2/h1,4-6,10H,7-8H2,2H3. The minimum Gasteiger partial charge on any atom is -0.311 e. The van der Waals surface area contributed by atoms with Gasteiger partial charge in [0.05, 0.1) is 0 Å². The van der Waals surface area contributed by atoms with Gasteiger partial charge in [-0.05, 0) is 30.7 Å². The summed E-state index contributed by atoms with van der Waals surface area (Å²) in [5.74, 6) is 2.76. The SMILES string of the molecule is C#CC1CC(=O)N(c2ccc(Cl)cc2C)C1. The van der Waals surface area contributed by atoms with Crippen molar-refractivity contribution in [2.75, 3.05) is 11.4 Å². The van der Waals surface area contributed by atoms with E-state index in [1.54, 1.807) is 11.0 Å². The number of aryl methyl sites for hydroxylation is 1. The molecule has 1 aliphatic rings. The number of carbonyl (C=O) groups is 1. The highest BCUT2D eigenvalue weighted by molar-refractivity contribution is 6.30. The van der Waals surface area contributed by atoms with Crippen LogP contribution in [0, 0.1) is 25.2 Å². The average molecular weight is 234 g/mol. The van der Waals surface area contributed by atoms with Crippen LogP contribution in [0.1, 0.15) is 12.0 Å². The molecule has 1 aromatic carbocycles. The summed E-state index contributed by atoms with van der Waals surface area (Å²) in [6.45, 7) is 2.55. The maximum absolute atomic E-state index is 11.8. The first-order valence-electron chi connectivity index (χ1n) is 5.14. The number of nitrogens with zero attached hydrogens (tertiary/aromatic N) is 1. The van der Waals surface area contributed by atoms with Crippen LogP contribution in [0.3, 0.4) is 0 Å². The van der Waals surface area contributed by atoms with E-state index >= 15 is 0 Å². The summed E-state index contributed by atoms with van der Waals surface area (Å²) >= 11 is 5.88. The Morgan fingerprint density at radius 3 is 2.88 bits per heavy atom. The monoisotopic (exact) mass is 233 g/mol. The Balaban J connectivity index is 2.32. The summed E-state index contributed by atoms with van der Waals surface area (Å²) in [5, 5.41) is 0.682. The van der Waals surface area contributed by atoms with Crippen LogP contribution in [0.15, 0.2) is 18.2 Å². The lowest BCUT2D eigenvalue weighted by molar-refractivity contribution is -0.117. The van der Waals surface area contributed by atoms with Crippen molar-refractivity contribution in [3.05, 3.63) is 28.8 Å². The number of terminal acetylenes is 1. The molecule has 0 radical (unpaired) electrons. The molecule has 1 aromatic rings. The Hall–Kier alpha value is -1.46. The zero-order chi connectivity index (χ0) is 11.7. The first-order valence-corrected chi connectivity index (χ1v) is 5.52. The van der Waals surface area contributed by atoms with Crippen molar-refractivity contribution < 1.29 is 4.79 Å². The predicted octanol–water partition coefficient (Wildman–Crippen LogP) is 2.63. The van der Waals surface area contributed by atoms with Crippen LogP contribution in [0.25, 0.3) is 0 Å². The molecule has 0 saturated carbocycles. The van der Waals surface area contributed by atoms with Crippen LogP contribution < -0.4 is 4.90 Å². The summed E-state index contributed by atoms with van der Waals surface area (Å²) < 4.78 is 0. The molecule has 16 heavy (non-hydrogen) atoms. The van der Waals surface area contributed by atoms with Crippen LogP contribution >= 0.6 is 11.6 Å². The molecule has 1 heterocycles. The smallest absolute Gasteiger partial charge is 0.228 e. The molecule has 1 amide bonds. The van der Waals surface area contributed by atoms with Gasteiger partial charge in [0, 0.05) is 29.6 Å². The number of hydrogen-bond donors (Lipinski definition) is 0. The highest BCUT2D eigenvalue weighted by atomic mass is 35.5. The fraction of sp³-hybridized carbons (Fsp3) is 0.308. The molecule has 0 bridgehead atoms. The number of anilines is 1. The van der Waals surface area contributed by atoms with Crippen LogP contribution in [-0.4, -0.2) is 12.5 Å². The Labute approximate surface area is 100 Å². The highest BCUT2D eigenvalue weighted by Crippen LogP contribution is 2.29. The lowest BCUT2D eigenvalue weighted by Crippen LogP contribution is -2.25. The van der Waals surface area contributed by atoms with Crippen LogP contribution in [-0.2, 0) is 4.79 Å². The van der Waals surface area contributed by atoms with Gasteiger partial charge in [-0.15, -0.1) is 12.3 Å². The van der Waals surface area contributed by atoms with Gasteiger partial charge in [0.15, 0.2) is 0 Å². The lowest BCUT2D eigenvalue weighted by Gasteiger charge is -2.18. The van der Waals surface area contributed by atoms with Crippen molar-refractivity contribution in [2.24, 2.45) is 5.92 Å². The lowest BCUT2D eigenvalue weighted by atomic mass is 10.1. The molecule has 1 saturated heterocycles. The van der Waals surface area contributed by atoms with Gasteiger partial charge in [0.25, 0.3) is 0 Å². The minimum atomic E-state index is 0.0302. The summed E-state index contributed by atoms with van der Waals surface area (Å²) in [5.41, 5.74) is 1.91. The first-order chi connectivity index (χ1) is 7.61. The second kappa shape index (κ2) is 4.19. The van der Waals surface area contributed by atoms with Crippen LogP contribution in [0.4, 0.5) is 5.69 Å². The number of benzene rings is 1. The van der Waals surface area contributed by atoms with Gasteiger partial charge in [0.1, 0.15) is 0 Å². The Kier molecular flexibility index (Phi) is 2.89. The summed E-state index contributed by atoms with van der Waals surface area (Å²) in [7, 11) is 0. The number of amides is 1. The van der Waals surface area contributed by atoms with Gasteiger partial charge in [-0.3, -0.25) is 4.79 Å². The molecule has 0 spiro atoms. The van der Waals surface area contributed by atoms with E-state index in [1.165, 1.54) is 0 Å². The molecule has 1 atom stereocenters. The highest BCUT2D eigenvalue weighted by Gasteiger charge is 2.29. The maximum Gasteiger partial charge on any atom is 0.228 e. The van der Waals surface area contributed by atoms with E-state index in [-0.39, 0.29) is 11.8 Å². The predicted molar refractivity (Wildman–Crippen MR) is 65.5 cm³/mol. The number of halogens is 1. The zero-order valence-electron chi connectivity index (χ0n) is 9.03. The minimum absolute atomic E-state index is 0.0302.